The van der Waals surface area contributed by atoms with Crippen LogP contribution in [0.5, 0.6) is 0 Å². The fraction of sp³-hybridized carbons (Fsp3) is 0.714. The van der Waals surface area contributed by atoms with Crippen LogP contribution in [0.1, 0.15) is 66.2 Å². The molecule has 38 heavy (non-hydrogen) atoms. The van der Waals surface area contributed by atoms with Crippen LogP contribution in [0.25, 0.3) is 0 Å². The number of esters is 2. The maximum absolute atomic E-state index is 10.8. The lowest BCUT2D eigenvalue weighted by Crippen LogP contribution is -2.28. The van der Waals surface area contributed by atoms with Crippen LogP contribution in [-0.2, 0) is 28.5 Å². The summed E-state index contributed by atoms with van der Waals surface area (Å²) in [5, 5.41) is 4.82. The lowest BCUT2D eigenvalue weighted by Gasteiger charge is -2.23. The number of ether oxygens (including phenoxy) is 4. The lowest BCUT2D eigenvalue weighted by molar-refractivity contribution is -0.139. The molecule has 3 fully saturated rings. The Kier molecular flexibility index (Phi) is 15.8. The van der Waals surface area contributed by atoms with Gasteiger partial charge in [-0.1, -0.05) is 19.6 Å². The Balaban J connectivity index is 0.000000287. The Morgan fingerprint density at radius 3 is 1.42 bits per heavy atom. The van der Waals surface area contributed by atoms with Crippen LogP contribution in [-0.4, -0.2) is 63.6 Å². The van der Waals surface area contributed by atoms with Crippen LogP contribution < -0.4 is 10.6 Å². The number of alkyl carbamates (subject to hydrolysis) is 2. The van der Waals surface area contributed by atoms with Gasteiger partial charge in [-0.2, -0.15) is 0 Å². The van der Waals surface area contributed by atoms with E-state index in [1.807, 2.05) is 0 Å². The Hall–Kier alpha value is -3.04. The van der Waals surface area contributed by atoms with E-state index in [0.29, 0.717) is 24.4 Å². The summed E-state index contributed by atoms with van der Waals surface area (Å²) in [4.78, 5) is 43.2. The van der Waals surface area contributed by atoms with E-state index in [1.54, 1.807) is 66.2 Å². The van der Waals surface area contributed by atoms with E-state index < -0.39 is 24.1 Å². The highest BCUT2D eigenvalue weighted by Gasteiger charge is 2.48. The molecule has 2 amide bonds. The van der Waals surface area contributed by atoms with Gasteiger partial charge >= 0.3 is 24.1 Å². The molecule has 216 valence electrons. The highest BCUT2D eigenvalue weighted by Crippen LogP contribution is 2.58. The van der Waals surface area contributed by atoms with Gasteiger partial charge < -0.3 is 29.6 Å². The fourth-order valence-electron chi connectivity index (χ4n) is 5.22. The smallest absolute Gasteiger partial charge is 0.407 e. The minimum Gasteiger partial charge on any atom is -0.460 e. The third kappa shape index (κ3) is 12.5. The molecule has 0 spiro atoms. The van der Waals surface area contributed by atoms with Crippen LogP contribution in [0, 0.1) is 23.7 Å². The van der Waals surface area contributed by atoms with E-state index in [9.17, 15) is 19.2 Å². The molecule has 3 aliphatic rings. The molecule has 3 aliphatic carbocycles. The van der Waals surface area contributed by atoms with Gasteiger partial charge in [0, 0.05) is 11.1 Å². The third-order valence-electron chi connectivity index (χ3n) is 6.81. The van der Waals surface area contributed by atoms with Gasteiger partial charge in [0.2, 0.25) is 0 Å². The van der Waals surface area contributed by atoms with Crippen LogP contribution in [0.15, 0.2) is 24.3 Å². The van der Waals surface area contributed by atoms with E-state index in [4.69, 9.17) is 9.47 Å². The average molecular weight is 539 g/mol. The quantitative estimate of drug-likeness (QED) is 0.180. The first-order valence-electron chi connectivity index (χ1n) is 13.6. The van der Waals surface area contributed by atoms with Gasteiger partial charge in [0.25, 0.3) is 0 Å². The first kappa shape index (κ1) is 33.0. The number of nitrogens with one attached hydrogen (secondary N) is 2. The van der Waals surface area contributed by atoms with Crippen molar-refractivity contribution in [2.75, 3.05) is 39.5 Å². The van der Waals surface area contributed by atoms with Crippen LogP contribution in [0.4, 0.5) is 9.59 Å². The van der Waals surface area contributed by atoms with E-state index in [0.717, 1.165) is 0 Å². The first-order chi connectivity index (χ1) is 18.1. The SMILES string of the molecule is C1CC2C3CCC(C3)C2C1.C=C(C)C(=O)OCCNC(=O)OCC.C=C(C)C(=O)OCCNC(=O)OCC. The zero-order chi connectivity index (χ0) is 28.5. The van der Waals surface area contributed by atoms with Crippen molar-refractivity contribution >= 4 is 24.1 Å². The molecule has 0 aromatic rings. The molecule has 0 aliphatic heterocycles. The van der Waals surface area contributed by atoms with Crippen LogP contribution in [0.2, 0.25) is 0 Å². The summed E-state index contributed by atoms with van der Waals surface area (Å²) in [6, 6.07) is 0. The number of carbonyl (C=O) groups is 4. The van der Waals surface area contributed by atoms with Gasteiger partial charge in [-0.15, -0.1) is 0 Å². The van der Waals surface area contributed by atoms with Crippen molar-refractivity contribution in [1.29, 1.82) is 0 Å². The molecule has 0 aromatic heterocycles. The normalized spacial score (nSPS) is 21.8. The van der Waals surface area contributed by atoms with E-state index in [2.05, 4.69) is 33.3 Å². The standard InChI is InChI=1S/C10H16.2C9H15NO4/c1-2-9-7-4-5-8(6-7)10(9)3-1;2*1-4-13-9(12)10-5-6-14-8(11)7(2)3/h7-10H,1-6H2;2*2,4-6H2,1,3H3,(H,10,12). The zero-order valence-electron chi connectivity index (χ0n) is 23.5. The second-order valence-corrected chi connectivity index (χ2v) is 9.72. The van der Waals surface area contributed by atoms with Gasteiger partial charge in [-0.05, 0) is 83.5 Å². The van der Waals surface area contributed by atoms with Crippen molar-refractivity contribution in [2.24, 2.45) is 23.7 Å². The van der Waals surface area contributed by atoms with Crippen molar-refractivity contribution in [1.82, 2.24) is 10.6 Å². The topological polar surface area (TPSA) is 129 Å². The summed E-state index contributed by atoms with van der Waals surface area (Å²) in [5.74, 6) is 3.87. The zero-order valence-corrected chi connectivity index (χ0v) is 23.5. The number of hydrogen-bond acceptors (Lipinski definition) is 8. The number of carbonyl (C=O) groups excluding carboxylic acids is 4. The molecule has 4 atom stereocenters. The van der Waals surface area contributed by atoms with E-state index >= 15 is 0 Å². The van der Waals surface area contributed by atoms with Crippen molar-refractivity contribution < 1.29 is 38.1 Å². The maximum atomic E-state index is 10.8. The summed E-state index contributed by atoms with van der Waals surface area (Å²) in [7, 11) is 0. The highest BCUT2D eigenvalue weighted by atomic mass is 16.6. The molecule has 3 rings (SSSR count). The molecule has 0 saturated heterocycles. The molecule has 0 aromatic carbocycles. The minimum atomic E-state index is -0.515. The summed E-state index contributed by atoms with van der Waals surface area (Å²) in [6.07, 6.45) is 8.50. The molecule has 3 saturated carbocycles. The summed E-state index contributed by atoms with van der Waals surface area (Å²) in [5.41, 5.74) is 0.669. The predicted octanol–water partition coefficient (Wildman–Crippen LogP) is 4.54. The van der Waals surface area contributed by atoms with Crippen LogP contribution >= 0.6 is 0 Å². The molecule has 10 heteroatoms. The number of amides is 2. The molecule has 0 heterocycles. The third-order valence-corrected chi connectivity index (χ3v) is 6.81. The Morgan fingerprint density at radius 2 is 1.08 bits per heavy atom. The molecule has 2 bridgehead atoms. The van der Waals surface area contributed by atoms with Gasteiger partial charge in [-0.25, -0.2) is 19.2 Å². The lowest BCUT2D eigenvalue weighted by atomic mass is 9.82. The molecular formula is C28H46N2O8. The largest absolute Gasteiger partial charge is 0.460 e. The van der Waals surface area contributed by atoms with E-state index in [-0.39, 0.29) is 26.3 Å². The van der Waals surface area contributed by atoms with Gasteiger partial charge in [-0.3, -0.25) is 0 Å². The Bertz CT molecular complexity index is 749. The molecule has 2 N–H and O–H groups in total. The van der Waals surface area contributed by atoms with Gasteiger partial charge in [0.1, 0.15) is 13.2 Å². The molecule has 0 radical (unpaired) electrons. The summed E-state index contributed by atoms with van der Waals surface area (Å²) >= 11 is 0. The van der Waals surface area contributed by atoms with Gasteiger partial charge in [0.15, 0.2) is 0 Å². The number of fused-ring (bicyclic) bond motifs is 5. The highest BCUT2D eigenvalue weighted by molar-refractivity contribution is 5.87. The monoisotopic (exact) mass is 538 g/mol. The number of hydrogen-bond donors (Lipinski definition) is 2. The van der Waals surface area contributed by atoms with Gasteiger partial charge in [0.05, 0.1) is 26.3 Å². The minimum absolute atomic E-state index is 0.116. The Labute approximate surface area is 226 Å². The van der Waals surface area contributed by atoms with Crippen LogP contribution in [0.3, 0.4) is 0 Å². The van der Waals surface area contributed by atoms with Crippen molar-refractivity contribution in [2.45, 2.75) is 66.2 Å². The second-order valence-electron chi connectivity index (χ2n) is 9.72. The number of rotatable bonds is 10. The second kappa shape index (κ2) is 18.3. The fourth-order valence-corrected chi connectivity index (χ4v) is 5.22. The van der Waals surface area contributed by atoms with E-state index in [1.165, 1.54) is 23.7 Å². The van der Waals surface area contributed by atoms with Crippen molar-refractivity contribution in [3.8, 4) is 0 Å². The first-order valence-corrected chi connectivity index (χ1v) is 13.6. The maximum Gasteiger partial charge on any atom is 0.407 e. The summed E-state index contributed by atoms with van der Waals surface area (Å²) in [6.45, 7) is 14.7. The van der Waals surface area contributed by atoms with Crippen molar-refractivity contribution in [3.63, 3.8) is 0 Å². The molecule has 10 nitrogen and oxygen atoms in total. The van der Waals surface area contributed by atoms with Crippen molar-refractivity contribution in [3.05, 3.63) is 24.3 Å². The molecule has 4 unspecified atom stereocenters. The molecular weight excluding hydrogens is 492 g/mol. The average Bonchev–Trinajstić information content (AvgIpc) is 3.61. The predicted molar refractivity (Wildman–Crippen MR) is 143 cm³/mol. The Morgan fingerprint density at radius 1 is 0.684 bits per heavy atom. The summed E-state index contributed by atoms with van der Waals surface area (Å²) < 4.78 is 18.6.